The minimum Gasteiger partial charge on any atom is -0.332 e. The highest BCUT2D eigenvalue weighted by Gasteiger charge is 2.33. The van der Waals surface area contributed by atoms with Crippen LogP contribution in [0.5, 0.6) is 0 Å². The molecular weight excluding hydrogens is 378 g/mol. The molecule has 0 bridgehead atoms. The van der Waals surface area contributed by atoms with Crippen LogP contribution in [-0.2, 0) is 11.2 Å². The number of thiazole rings is 1. The second-order valence-corrected chi connectivity index (χ2v) is 8.20. The molecular formula is C19H17N5OS2. The first kappa shape index (κ1) is 16.6. The van der Waals surface area contributed by atoms with Crippen LogP contribution in [0.1, 0.15) is 30.4 Å². The molecule has 6 nitrogen and oxygen atoms in total. The summed E-state index contributed by atoms with van der Waals surface area (Å²) in [7, 11) is 0. The van der Waals surface area contributed by atoms with E-state index in [0.717, 1.165) is 47.1 Å². The summed E-state index contributed by atoms with van der Waals surface area (Å²) < 4.78 is 1.98. The number of thiophene rings is 1. The molecule has 1 atom stereocenters. The number of nitrogens with zero attached hydrogens (tertiary/aromatic N) is 5. The van der Waals surface area contributed by atoms with E-state index < -0.39 is 0 Å². The number of rotatable bonds is 4. The van der Waals surface area contributed by atoms with Crippen molar-refractivity contribution in [1.82, 2.24) is 24.5 Å². The summed E-state index contributed by atoms with van der Waals surface area (Å²) in [5, 5.41) is 15.7. The number of pyridine rings is 1. The molecule has 0 unspecified atom stereocenters. The molecule has 5 rings (SSSR count). The van der Waals surface area contributed by atoms with Crippen LogP contribution < -0.4 is 0 Å². The largest absolute Gasteiger partial charge is 0.332 e. The summed E-state index contributed by atoms with van der Waals surface area (Å²) in [6.45, 7) is 0.757. The summed E-state index contributed by atoms with van der Waals surface area (Å²) in [5.74, 6) is 0.945. The van der Waals surface area contributed by atoms with E-state index in [1.807, 2.05) is 44.5 Å². The van der Waals surface area contributed by atoms with Crippen LogP contribution in [0.15, 0.2) is 46.6 Å². The molecule has 136 valence electrons. The van der Waals surface area contributed by atoms with Crippen LogP contribution in [0.3, 0.4) is 0 Å². The molecule has 0 aromatic carbocycles. The van der Waals surface area contributed by atoms with Gasteiger partial charge in [0.15, 0.2) is 11.5 Å². The van der Waals surface area contributed by atoms with Gasteiger partial charge in [-0.25, -0.2) is 4.98 Å². The van der Waals surface area contributed by atoms with Gasteiger partial charge in [0, 0.05) is 29.1 Å². The molecule has 0 aliphatic carbocycles. The molecule has 4 aromatic heterocycles. The van der Waals surface area contributed by atoms with Gasteiger partial charge in [-0.05, 0) is 36.4 Å². The molecule has 0 N–H and O–H groups in total. The first-order valence-electron chi connectivity index (χ1n) is 8.86. The average molecular weight is 396 g/mol. The third-order valence-corrected chi connectivity index (χ3v) is 6.49. The highest BCUT2D eigenvalue weighted by atomic mass is 32.1. The Morgan fingerprint density at radius 2 is 2.19 bits per heavy atom. The standard InChI is InChI=1S/C19H17N5OS2/c25-17(10-14-12-27-19(20-14)13-6-9-26-11-13)23-8-3-4-15(23)18-22-21-16-5-1-2-7-24(16)18/h1-2,5-7,9,11-12,15H,3-4,8,10H2/t15-/m0/s1. The van der Waals surface area contributed by atoms with Crippen LogP contribution in [-0.4, -0.2) is 36.9 Å². The smallest absolute Gasteiger partial charge is 0.229 e. The molecule has 0 radical (unpaired) electrons. The van der Waals surface area contributed by atoms with Crippen molar-refractivity contribution in [3.63, 3.8) is 0 Å². The van der Waals surface area contributed by atoms with Crippen LogP contribution in [0.2, 0.25) is 0 Å². The third-order valence-electron chi connectivity index (χ3n) is 4.86. The number of hydrogen-bond acceptors (Lipinski definition) is 6. The Morgan fingerprint density at radius 1 is 1.22 bits per heavy atom. The maximum Gasteiger partial charge on any atom is 0.229 e. The van der Waals surface area contributed by atoms with Crippen molar-refractivity contribution in [2.45, 2.75) is 25.3 Å². The zero-order valence-corrected chi connectivity index (χ0v) is 16.1. The van der Waals surface area contributed by atoms with E-state index in [-0.39, 0.29) is 11.9 Å². The molecule has 4 aromatic rings. The van der Waals surface area contributed by atoms with Gasteiger partial charge >= 0.3 is 0 Å². The van der Waals surface area contributed by atoms with Crippen LogP contribution >= 0.6 is 22.7 Å². The third kappa shape index (κ3) is 3.04. The molecule has 1 fully saturated rings. The van der Waals surface area contributed by atoms with Gasteiger partial charge in [0.2, 0.25) is 5.91 Å². The Hall–Kier alpha value is -2.58. The van der Waals surface area contributed by atoms with Crippen molar-refractivity contribution >= 4 is 34.2 Å². The fourth-order valence-corrected chi connectivity index (χ4v) is 5.12. The van der Waals surface area contributed by atoms with Crippen molar-refractivity contribution < 1.29 is 4.79 Å². The van der Waals surface area contributed by atoms with E-state index >= 15 is 0 Å². The van der Waals surface area contributed by atoms with Gasteiger partial charge in [-0.3, -0.25) is 9.20 Å². The number of hydrogen-bond donors (Lipinski definition) is 0. The molecule has 27 heavy (non-hydrogen) atoms. The molecule has 1 saturated heterocycles. The van der Waals surface area contributed by atoms with Crippen LogP contribution in [0, 0.1) is 0 Å². The number of amides is 1. The predicted octanol–water partition coefficient (Wildman–Crippen LogP) is 3.82. The first-order valence-corrected chi connectivity index (χ1v) is 10.7. The van der Waals surface area contributed by atoms with Crippen molar-refractivity contribution in [1.29, 1.82) is 0 Å². The molecule has 0 spiro atoms. The quantitative estimate of drug-likeness (QED) is 0.527. The topological polar surface area (TPSA) is 63.4 Å². The zero-order chi connectivity index (χ0) is 18.2. The summed E-state index contributed by atoms with van der Waals surface area (Å²) >= 11 is 3.24. The van der Waals surface area contributed by atoms with Gasteiger partial charge in [-0.1, -0.05) is 6.07 Å². The van der Waals surface area contributed by atoms with E-state index in [9.17, 15) is 4.79 Å². The Morgan fingerprint density at radius 3 is 3.07 bits per heavy atom. The van der Waals surface area contributed by atoms with E-state index in [0.29, 0.717) is 6.42 Å². The van der Waals surface area contributed by atoms with Gasteiger partial charge in [-0.2, -0.15) is 11.3 Å². The summed E-state index contributed by atoms with van der Waals surface area (Å²) in [4.78, 5) is 19.6. The maximum atomic E-state index is 13.0. The Labute approximate surface area is 164 Å². The van der Waals surface area contributed by atoms with Crippen molar-refractivity contribution in [2.75, 3.05) is 6.54 Å². The molecule has 1 amide bonds. The molecule has 1 aliphatic rings. The van der Waals surface area contributed by atoms with Gasteiger partial charge in [0.05, 0.1) is 18.2 Å². The number of aromatic nitrogens is 4. The lowest BCUT2D eigenvalue weighted by Crippen LogP contribution is -2.32. The van der Waals surface area contributed by atoms with Crippen LogP contribution in [0.4, 0.5) is 0 Å². The summed E-state index contributed by atoms with van der Waals surface area (Å²) in [5.41, 5.74) is 2.77. The normalized spacial score (nSPS) is 17.0. The van der Waals surface area contributed by atoms with Gasteiger partial charge < -0.3 is 4.90 Å². The van der Waals surface area contributed by atoms with Gasteiger partial charge in [0.1, 0.15) is 5.01 Å². The minimum atomic E-state index is -0.0233. The molecule has 5 heterocycles. The number of carbonyl (C=O) groups is 1. The molecule has 8 heteroatoms. The summed E-state index contributed by atoms with van der Waals surface area (Å²) in [6.07, 6.45) is 4.18. The number of carbonyl (C=O) groups excluding carboxylic acids is 1. The van der Waals surface area contributed by atoms with E-state index in [1.165, 1.54) is 0 Å². The lowest BCUT2D eigenvalue weighted by atomic mass is 10.2. The van der Waals surface area contributed by atoms with Crippen molar-refractivity contribution in [2.24, 2.45) is 0 Å². The predicted molar refractivity (Wildman–Crippen MR) is 106 cm³/mol. The highest BCUT2D eigenvalue weighted by Crippen LogP contribution is 2.32. The maximum absolute atomic E-state index is 13.0. The average Bonchev–Trinajstić information content (AvgIpc) is 3.46. The van der Waals surface area contributed by atoms with E-state index in [1.54, 1.807) is 22.7 Å². The fourth-order valence-electron chi connectivity index (χ4n) is 3.58. The Balaban J connectivity index is 1.36. The van der Waals surface area contributed by atoms with Gasteiger partial charge in [-0.15, -0.1) is 21.5 Å². The van der Waals surface area contributed by atoms with E-state index in [4.69, 9.17) is 0 Å². The lowest BCUT2D eigenvalue weighted by molar-refractivity contribution is -0.131. The highest BCUT2D eigenvalue weighted by molar-refractivity contribution is 7.14. The van der Waals surface area contributed by atoms with Crippen molar-refractivity contribution in [3.05, 3.63) is 58.1 Å². The van der Waals surface area contributed by atoms with Gasteiger partial charge in [0.25, 0.3) is 0 Å². The number of likely N-dealkylation sites (tertiary alicyclic amines) is 1. The van der Waals surface area contributed by atoms with E-state index in [2.05, 4.69) is 26.6 Å². The second kappa shape index (κ2) is 6.86. The van der Waals surface area contributed by atoms with Crippen molar-refractivity contribution in [3.8, 4) is 10.6 Å². The Bertz CT molecular complexity index is 1080. The minimum absolute atomic E-state index is 0.0233. The monoisotopic (exact) mass is 395 g/mol. The second-order valence-electron chi connectivity index (χ2n) is 6.56. The fraction of sp³-hybridized carbons (Fsp3) is 0.263. The SMILES string of the molecule is O=C(Cc1csc(-c2ccsc2)n1)N1CCC[C@H]1c1nnc2ccccn12. The molecule has 1 aliphatic heterocycles. The lowest BCUT2D eigenvalue weighted by Gasteiger charge is -2.23. The Kier molecular flexibility index (Phi) is 4.21. The summed E-state index contributed by atoms with van der Waals surface area (Å²) in [6, 6.07) is 7.87. The zero-order valence-electron chi connectivity index (χ0n) is 14.5. The number of fused-ring (bicyclic) bond motifs is 1. The van der Waals surface area contributed by atoms with Crippen LogP contribution in [0.25, 0.3) is 16.2 Å². The first-order chi connectivity index (χ1) is 13.3. The molecule has 0 saturated carbocycles.